The van der Waals surface area contributed by atoms with Crippen LogP contribution in [0.3, 0.4) is 0 Å². The van der Waals surface area contributed by atoms with E-state index in [9.17, 15) is 5.11 Å². The molecule has 0 aliphatic heterocycles. The third-order valence-corrected chi connectivity index (χ3v) is 3.36. The van der Waals surface area contributed by atoms with Crippen molar-refractivity contribution in [3.05, 3.63) is 58.0 Å². The third-order valence-electron chi connectivity index (χ3n) is 3.36. The molecule has 0 spiro atoms. The Bertz CT molecular complexity index is 552. The molecule has 0 bridgehead atoms. The molecule has 0 aliphatic carbocycles. The predicted molar refractivity (Wildman–Crippen MR) is 72.8 cm³/mol. The number of aliphatic hydroxyl groups is 1. The van der Waals surface area contributed by atoms with E-state index in [0.717, 1.165) is 17.1 Å². The van der Waals surface area contributed by atoms with Gasteiger partial charge in [0, 0.05) is 12.0 Å². The van der Waals surface area contributed by atoms with Crippen molar-refractivity contribution in [1.82, 2.24) is 0 Å². The first-order valence-corrected chi connectivity index (χ1v) is 6.28. The fraction of sp³-hybridized carbons (Fsp3) is 0.375. The van der Waals surface area contributed by atoms with Gasteiger partial charge in [0.1, 0.15) is 11.5 Å². The predicted octanol–water partition coefficient (Wildman–Crippen LogP) is 3.79. The molecule has 0 aliphatic rings. The molecule has 1 N–H and O–H groups in total. The lowest BCUT2D eigenvalue weighted by Crippen LogP contribution is -2.03. The van der Waals surface area contributed by atoms with Gasteiger partial charge in [-0.25, -0.2) is 0 Å². The van der Waals surface area contributed by atoms with E-state index in [0.29, 0.717) is 6.42 Å². The van der Waals surface area contributed by atoms with E-state index < -0.39 is 6.10 Å². The molecule has 18 heavy (non-hydrogen) atoms. The molecule has 0 amide bonds. The Morgan fingerprint density at radius 1 is 1.11 bits per heavy atom. The van der Waals surface area contributed by atoms with Gasteiger partial charge in [0.2, 0.25) is 0 Å². The molecule has 2 heteroatoms. The molecule has 2 aromatic rings. The molecule has 2 rings (SSSR count). The Hall–Kier alpha value is -1.54. The van der Waals surface area contributed by atoms with Crippen LogP contribution in [0.25, 0.3) is 0 Å². The summed E-state index contributed by atoms with van der Waals surface area (Å²) in [5.41, 5.74) is 4.54. The molecule has 1 heterocycles. The van der Waals surface area contributed by atoms with Crippen molar-refractivity contribution in [3.63, 3.8) is 0 Å². The summed E-state index contributed by atoms with van der Waals surface area (Å²) >= 11 is 0. The van der Waals surface area contributed by atoms with Gasteiger partial charge in [0.25, 0.3) is 0 Å². The van der Waals surface area contributed by atoms with Crippen LogP contribution in [0.4, 0.5) is 0 Å². The van der Waals surface area contributed by atoms with E-state index in [4.69, 9.17) is 4.42 Å². The number of hydrogen-bond donors (Lipinski definition) is 1. The van der Waals surface area contributed by atoms with Crippen LogP contribution in [0.2, 0.25) is 0 Å². The lowest BCUT2D eigenvalue weighted by Gasteiger charge is -2.12. The second kappa shape index (κ2) is 4.99. The SMILES string of the molecule is Cc1ccc(C)c(CC(O)c2cc(C)oc2C)c1. The minimum absolute atomic E-state index is 0.497. The summed E-state index contributed by atoms with van der Waals surface area (Å²) in [6.45, 7) is 7.95. The molecule has 0 fully saturated rings. The molecule has 96 valence electrons. The van der Waals surface area contributed by atoms with E-state index >= 15 is 0 Å². The molecule has 0 radical (unpaired) electrons. The number of benzene rings is 1. The number of aliphatic hydroxyl groups excluding tert-OH is 1. The fourth-order valence-electron chi connectivity index (χ4n) is 2.32. The molecule has 2 nitrogen and oxygen atoms in total. The first-order chi connectivity index (χ1) is 8.47. The minimum atomic E-state index is -0.497. The van der Waals surface area contributed by atoms with Gasteiger partial charge < -0.3 is 9.52 Å². The monoisotopic (exact) mass is 244 g/mol. The topological polar surface area (TPSA) is 33.4 Å². The van der Waals surface area contributed by atoms with Crippen molar-refractivity contribution in [2.24, 2.45) is 0 Å². The summed E-state index contributed by atoms with van der Waals surface area (Å²) in [4.78, 5) is 0. The van der Waals surface area contributed by atoms with Crippen molar-refractivity contribution < 1.29 is 9.52 Å². The number of hydrogen-bond acceptors (Lipinski definition) is 2. The summed E-state index contributed by atoms with van der Waals surface area (Å²) < 4.78 is 5.47. The standard InChI is InChI=1S/C16H20O2/c1-10-5-6-11(2)14(7-10)9-16(17)15-8-12(3)18-13(15)4/h5-8,16-17H,9H2,1-4H3. The van der Waals surface area contributed by atoms with E-state index in [1.54, 1.807) is 0 Å². The minimum Gasteiger partial charge on any atom is -0.466 e. The zero-order valence-corrected chi connectivity index (χ0v) is 11.4. The maximum atomic E-state index is 10.3. The second-order valence-corrected chi connectivity index (χ2v) is 5.02. The Morgan fingerprint density at radius 3 is 2.44 bits per heavy atom. The van der Waals surface area contributed by atoms with Crippen LogP contribution < -0.4 is 0 Å². The highest BCUT2D eigenvalue weighted by atomic mass is 16.3. The van der Waals surface area contributed by atoms with Gasteiger partial charge in [0.15, 0.2) is 0 Å². The van der Waals surface area contributed by atoms with Crippen molar-refractivity contribution in [1.29, 1.82) is 0 Å². The lowest BCUT2D eigenvalue weighted by atomic mass is 9.97. The maximum Gasteiger partial charge on any atom is 0.106 e. The Balaban J connectivity index is 2.23. The van der Waals surface area contributed by atoms with E-state index in [-0.39, 0.29) is 0 Å². The Morgan fingerprint density at radius 2 is 1.83 bits per heavy atom. The molecule has 1 aromatic heterocycles. The molecule has 0 saturated carbocycles. The van der Waals surface area contributed by atoms with Gasteiger partial charge >= 0.3 is 0 Å². The summed E-state index contributed by atoms with van der Waals surface area (Å²) in [6.07, 6.45) is 0.135. The average molecular weight is 244 g/mol. The number of rotatable bonds is 3. The summed E-state index contributed by atoms with van der Waals surface area (Å²) in [5, 5.41) is 10.3. The first kappa shape index (κ1) is 12.9. The molecule has 1 unspecified atom stereocenters. The van der Waals surface area contributed by atoms with Gasteiger partial charge in [-0.1, -0.05) is 23.8 Å². The average Bonchev–Trinajstić information content (AvgIpc) is 2.63. The zero-order valence-electron chi connectivity index (χ0n) is 11.4. The zero-order chi connectivity index (χ0) is 13.3. The summed E-state index contributed by atoms with van der Waals surface area (Å²) in [5.74, 6) is 1.66. The van der Waals surface area contributed by atoms with Crippen LogP contribution in [-0.2, 0) is 6.42 Å². The van der Waals surface area contributed by atoms with E-state index in [1.807, 2.05) is 19.9 Å². The van der Waals surface area contributed by atoms with Gasteiger partial charge in [-0.2, -0.15) is 0 Å². The van der Waals surface area contributed by atoms with Crippen molar-refractivity contribution >= 4 is 0 Å². The van der Waals surface area contributed by atoms with Gasteiger partial charge in [-0.3, -0.25) is 0 Å². The maximum absolute atomic E-state index is 10.3. The quantitative estimate of drug-likeness (QED) is 0.891. The van der Waals surface area contributed by atoms with E-state index in [2.05, 4.69) is 32.0 Å². The van der Waals surface area contributed by atoms with Crippen LogP contribution in [-0.4, -0.2) is 5.11 Å². The normalized spacial score (nSPS) is 12.7. The number of furan rings is 1. The summed E-state index contributed by atoms with van der Waals surface area (Å²) in [6, 6.07) is 8.26. The van der Waals surface area contributed by atoms with Gasteiger partial charge in [-0.05, 0) is 44.9 Å². The van der Waals surface area contributed by atoms with Crippen LogP contribution >= 0.6 is 0 Å². The van der Waals surface area contributed by atoms with Crippen molar-refractivity contribution in [2.75, 3.05) is 0 Å². The first-order valence-electron chi connectivity index (χ1n) is 6.28. The smallest absolute Gasteiger partial charge is 0.106 e. The largest absolute Gasteiger partial charge is 0.466 e. The molecular formula is C16H20O2. The van der Waals surface area contributed by atoms with Crippen LogP contribution in [0.1, 0.15) is 39.9 Å². The third kappa shape index (κ3) is 2.65. The van der Waals surface area contributed by atoms with Crippen LogP contribution in [0.5, 0.6) is 0 Å². The number of aryl methyl sites for hydroxylation is 4. The highest BCUT2D eigenvalue weighted by Crippen LogP contribution is 2.26. The van der Waals surface area contributed by atoms with Crippen molar-refractivity contribution in [2.45, 2.75) is 40.2 Å². The highest BCUT2D eigenvalue weighted by molar-refractivity contribution is 5.33. The van der Waals surface area contributed by atoms with E-state index in [1.165, 1.54) is 16.7 Å². The van der Waals surface area contributed by atoms with Crippen molar-refractivity contribution in [3.8, 4) is 0 Å². The van der Waals surface area contributed by atoms with Gasteiger partial charge in [-0.15, -0.1) is 0 Å². The van der Waals surface area contributed by atoms with Crippen LogP contribution in [0.15, 0.2) is 28.7 Å². The van der Waals surface area contributed by atoms with Gasteiger partial charge in [0.05, 0.1) is 6.10 Å². The molecule has 1 atom stereocenters. The second-order valence-electron chi connectivity index (χ2n) is 5.02. The Kier molecular flexibility index (Phi) is 3.58. The lowest BCUT2D eigenvalue weighted by molar-refractivity contribution is 0.176. The molecule has 0 saturated heterocycles. The summed E-state index contributed by atoms with van der Waals surface area (Å²) in [7, 11) is 0. The molecule has 1 aromatic carbocycles. The molecular weight excluding hydrogens is 224 g/mol. The highest BCUT2D eigenvalue weighted by Gasteiger charge is 2.15. The Labute approximate surface area is 108 Å². The van der Waals surface area contributed by atoms with Crippen LogP contribution in [0, 0.1) is 27.7 Å². The fourth-order valence-corrected chi connectivity index (χ4v) is 2.32.